The maximum Gasteiger partial charge on any atom is 0.205 e. The molecule has 1 saturated heterocycles. The molecule has 18 heavy (non-hydrogen) atoms. The summed E-state index contributed by atoms with van der Waals surface area (Å²) >= 11 is 1.55. The quantitative estimate of drug-likeness (QED) is 0.891. The summed E-state index contributed by atoms with van der Waals surface area (Å²) < 4.78 is 4.45. The van der Waals surface area contributed by atoms with Crippen LogP contribution in [-0.2, 0) is 0 Å². The highest BCUT2D eigenvalue weighted by atomic mass is 32.1. The molecule has 1 atom stereocenters. The van der Waals surface area contributed by atoms with Gasteiger partial charge in [0.25, 0.3) is 0 Å². The van der Waals surface area contributed by atoms with Crippen LogP contribution in [0.15, 0.2) is 0 Å². The number of hydrogen-bond acceptors (Lipinski definition) is 5. The van der Waals surface area contributed by atoms with Crippen molar-refractivity contribution in [2.24, 2.45) is 5.92 Å². The first-order chi connectivity index (χ1) is 8.70. The lowest BCUT2D eigenvalue weighted by atomic mass is 9.98. The van der Waals surface area contributed by atoms with Crippen LogP contribution in [0.2, 0.25) is 0 Å². The molecule has 0 saturated carbocycles. The van der Waals surface area contributed by atoms with Gasteiger partial charge in [0.1, 0.15) is 5.82 Å². The molecule has 0 amide bonds. The average molecular weight is 268 g/mol. The highest BCUT2D eigenvalue weighted by Crippen LogP contribution is 2.26. The molecule has 0 aromatic carbocycles. The molecule has 1 fully saturated rings. The Kier molecular flexibility index (Phi) is 4.95. The van der Waals surface area contributed by atoms with Gasteiger partial charge in [0.15, 0.2) is 0 Å². The lowest BCUT2D eigenvalue weighted by molar-refractivity contribution is 0.395. The topological polar surface area (TPSA) is 41.0 Å². The van der Waals surface area contributed by atoms with Gasteiger partial charge in [-0.15, -0.1) is 0 Å². The first-order valence-electron chi connectivity index (χ1n) is 7.00. The van der Waals surface area contributed by atoms with Crippen molar-refractivity contribution in [3.05, 3.63) is 5.82 Å². The van der Waals surface area contributed by atoms with Crippen LogP contribution in [0, 0.1) is 5.92 Å². The van der Waals surface area contributed by atoms with Crippen LogP contribution in [0.1, 0.15) is 45.4 Å². The fourth-order valence-corrected chi connectivity index (χ4v) is 3.19. The van der Waals surface area contributed by atoms with E-state index in [1.807, 2.05) is 0 Å². The van der Waals surface area contributed by atoms with E-state index >= 15 is 0 Å². The Balaban J connectivity index is 1.94. The standard InChI is InChI=1S/C13H24N4S/c1-4-14-8-11-6-5-7-17(9-11)13-15-12(10(2)3)16-18-13/h10-11,14H,4-9H2,1-3H3. The minimum Gasteiger partial charge on any atom is -0.347 e. The fraction of sp³-hybridized carbons (Fsp3) is 0.846. The Hall–Kier alpha value is -0.680. The van der Waals surface area contributed by atoms with Gasteiger partial charge in [0, 0.05) is 30.5 Å². The zero-order chi connectivity index (χ0) is 13.0. The molecule has 1 aliphatic heterocycles. The first kappa shape index (κ1) is 13.7. The summed E-state index contributed by atoms with van der Waals surface area (Å²) in [7, 11) is 0. The van der Waals surface area contributed by atoms with E-state index in [0.29, 0.717) is 5.92 Å². The van der Waals surface area contributed by atoms with Crippen LogP contribution >= 0.6 is 11.5 Å². The Bertz CT molecular complexity index is 364. The van der Waals surface area contributed by atoms with Crippen molar-refractivity contribution in [2.75, 3.05) is 31.1 Å². The summed E-state index contributed by atoms with van der Waals surface area (Å²) in [5, 5.41) is 4.57. The Morgan fingerprint density at radius 2 is 2.33 bits per heavy atom. The summed E-state index contributed by atoms with van der Waals surface area (Å²) in [5.74, 6) is 2.17. The van der Waals surface area contributed by atoms with Gasteiger partial charge in [-0.25, -0.2) is 4.98 Å². The minimum absolute atomic E-state index is 0.428. The summed E-state index contributed by atoms with van der Waals surface area (Å²) in [4.78, 5) is 7.07. The molecule has 1 unspecified atom stereocenters. The SMILES string of the molecule is CCNCC1CCCN(c2nc(C(C)C)ns2)C1. The van der Waals surface area contributed by atoms with Gasteiger partial charge < -0.3 is 10.2 Å². The van der Waals surface area contributed by atoms with E-state index in [2.05, 4.69) is 40.3 Å². The molecule has 0 aliphatic carbocycles. The van der Waals surface area contributed by atoms with E-state index in [1.54, 1.807) is 11.5 Å². The van der Waals surface area contributed by atoms with Crippen molar-refractivity contribution >= 4 is 16.7 Å². The third-order valence-corrected chi connectivity index (χ3v) is 4.21. The Morgan fingerprint density at radius 1 is 1.50 bits per heavy atom. The number of hydrogen-bond donors (Lipinski definition) is 1. The summed E-state index contributed by atoms with van der Waals surface area (Å²) in [6.45, 7) is 10.9. The van der Waals surface area contributed by atoms with Crippen molar-refractivity contribution in [1.29, 1.82) is 0 Å². The van der Waals surface area contributed by atoms with E-state index in [0.717, 1.165) is 43.1 Å². The molecular formula is C13H24N4S. The highest BCUT2D eigenvalue weighted by Gasteiger charge is 2.22. The molecule has 5 heteroatoms. The number of aromatic nitrogens is 2. The van der Waals surface area contributed by atoms with Crippen LogP contribution in [0.3, 0.4) is 0 Å². The number of rotatable bonds is 5. The van der Waals surface area contributed by atoms with Crippen molar-refractivity contribution in [2.45, 2.75) is 39.5 Å². The van der Waals surface area contributed by atoms with Crippen LogP contribution in [0.25, 0.3) is 0 Å². The van der Waals surface area contributed by atoms with E-state index in [-0.39, 0.29) is 0 Å². The Morgan fingerprint density at radius 3 is 3.00 bits per heavy atom. The second kappa shape index (κ2) is 6.48. The number of piperidine rings is 1. The lowest BCUT2D eigenvalue weighted by Crippen LogP contribution is -2.39. The van der Waals surface area contributed by atoms with Gasteiger partial charge >= 0.3 is 0 Å². The molecular weight excluding hydrogens is 244 g/mol. The zero-order valence-corrected chi connectivity index (χ0v) is 12.5. The second-order valence-corrected chi connectivity index (χ2v) is 6.08. The predicted molar refractivity (Wildman–Crippen MR) is 77.5 cm³/mol. The van der Waals surface area contributed by atoms with Crippen molar-refractivity contribution < 1.29 is 0 Å². The van der Waals surface area contributed by atoms with Crippen LogP contribution in [0.4, 0.5) is 5.13 Å². The highest BCUT2D eigenvalue weighted by molar-refractivity contribution is 7.09. The lowest BCUT2D eigenvalue weighted by Gasteiger charge is -2.32. The summed E-state index contributed by atoms with van der Waals surface area (Å²) in [6.07, 6.45) is 2.60. The molecule has 1 aromatic rings. The van der Waals surface area contributed by atoms with Crippen molar-refractivity contribution in [3.63, 3.8) is 0 Å². The maximum atomic E-state index is 4.66. The molecule has 102 valence electrons. The number of anilines is 1. The molecule has 2 heterocycles. The zero-order valence-electron chi connectivity index (χ0n) is 11.6. The maximum absolute atomic E-state index is 4.66. The monoisotopic (exact) mass is 268 g/mol. The smallest absolute Gasteiger partial charge is 0.205 e. The largest absolute Gasteiger partial charge is 0.347 e. The van der Waals surface area contributed by atoms with Gasteiger partial charge in [0.2, 0.25) is 5.13 Å². The molecule has 1 N–H and O–H groups in total. The van der Waals surface area contributed by atoms with Crippen LogP contribution in [0.5, 0.6) is 0 Å². The normalized spacial score (nSPS) is 20.7. The third kappa shape index (κ3) is 3.42. The van der Waals surface area contributed by atoms with E-state index < -0.39 is 0 Å². The number of nitrogens with zero attached hydrogens (tertiary/aromatic N) is 3. The molecule has 1 aliphatic rings. The predicted octanol–water partition coefficient (Wildman–Crippen LogP) is 2.49. The van der Waals surface area contributed by atoms with Gasteiger partial charge in [-0.3, -0.25) is 0 Å². The molecule has 0 radical (unpaired) electrons. The molecule has 4 nitrogen and oxygen atoms in total. The van der Waals surface area contributed by atoms with E-state index in [9.17, 15) is 0 Å². The molecule has 1 aromatic heterocycles. The summed E-state index contributed by atoms with van der Waals surface area (Å²) in [5.41, 5.74) is 0. The second-order valence-electron chi connectivity index (χ2n) is 5.35. The van der Waals surface area contributed by atoms with E-state index in [1.165, 1.54) is 12.8 Å². The average Bonchev–Trinajstić information content (AvgIpc) is 2.86. The molecule has 0 bridgehead atoms. The Labute approximate surface area is 114 Å². The third-order valence-electron chi connectivity index (χ3n) is 3.42. The van der Waals surface area contributed by atoms with Crippen molar-refractivity contribution in [3.8, 4) is 0 Å². The van der Waals surface area contributed by atoms with Crippen molar-refractivity contribution in [1.82, 2.24) is 14.7 Å². The van der Waals surface area contributed by atoms with Gasteiger partial charge in [0.05, 0.1) is 0 Å². The van der Waals surface area contributed by atoms with Gasteiger partial charge in [-0.2, -0.15) is 4.37 Å². The molecule has 0 spiro atoms. The van der Waals surface area contributed by atoms with E-state index in [4.69, 9.17) is 0 Å². The number of nitrogens with one attached hydrogen (secondary N) is 1. The summed E-state index contributed by atoms with van der Waals surface area (Å²) in [6, 6.07) is 0. The minimum atomic E-state index is 0.428. The van der Waals surface area contributed by atoms with Gasteiger partial charge in [-0.1, -0.05) is 20.8 Å². The molecule has 2 rings (SSSR count). The van der Waals surface area contributed by atoms with Crippen LogP contribution < -0.4 is 10.2 Å². The fourth-order valence-electron chi connectivity index (χ4n) is 2.34. The first-order valence-corrected chi connectivity index (χ1v) is 7.77. The van der Waals surface area contributed by atoms with Crippen LogP contribution in [-0.4, -0.2) is 35.5 Å². The van der Waals surface area contributed by atoms with Gasteiger partial charge in [-0.05, 0) is 31.8 Å².